The van der Waals surface area contributed by atoms with Gasteiger partial charge in [-0.1, -0.05) is 48.5 Å². The second kappa shape index (κ2) is 11.4. The molecule has 2 aromatic rings. The van der Waals surface area contributed by atoms with E-state index >= 15 is 0 Å². The van der Waals surface area contributed by atoms with Crippen LogP contribution in [0.4, 0.5) is 4.79 Å². The molecule has 0 heterocycles. The Morgan fingerprint density at radius 3 is 2.20 bits per heavy atom. The molecule has 2 amide bonds. The average molecular weight is 481 g/mol. The van der Waals surface area contributed by atoms with E-state index in [2.05, 4.69) is 17.4 Å². The van der Waals surface area contributed by atoms with Crippen LogP contribution in [0.1, 0.15) is 55.6 Å². The van der Waals surface area contributed by atoms with Crippen molar-refractivity contribution in [3.63, 3.8) is 0 Å². The molecule has 1 fully saturated rings. The van der Waals surface area contributed by atoms with E-state index in [1.807, 2.05) is 36.4 Å². The number of carboxylic acids is 1. The summed E-state index contributed by atoms with van der Waals surface area (Å²) in [7, 11) is 0. The van der Waals surface area contributed by atoms with E-state index in [1.54, 1.807) is 4.90 Å². The number of aliphatic carboxylic acids is 1. The van der Waals surface area contributed by atoms with Crippen molar-refractivity contribution in [1.82, 2.24) is 10.2 Å². The molecule has 0 bridgehead atoms. The molecular formula is C27H32N2O6. The molecule has 4 rings (SSSR count). The van der Waals surface area contributed by atoms with Crippen molar-refractivity contribution in [3.05, 3.63) is 59.7 Å². The monoisotopic (exact) mass is 480 g/mol. The maximum Gasteiger partial charge on any atom is 0.407 e. The zero-order valence-corrected chi connectivity index (χ0v) is 19.7. The first-order valence-electron chi connectivity index (χ1n) is 12.2. The number of benzene rings is 2. The number of amides is 2. The van der Waals surface area contributed by atoms with Crippen LogP contribution in [-0.2, 0) is 14.3 Å². The Balaban J connectivity index is 1.43. The van der Waals surface area contributed by atoms with Gasteiger partial charge in [0.05, 0.1) is 0 Å². The summed E-state index contributed by atoms with van der Waals surface area (Å²) >= 11 is 0. The molecule has 8 nitrogen and oxygen atoms in total. The molecule has 0 aliphatic heterocycles. The van der Waals surface area contributed by atoms with E-state index in [4.69, 9.17) is 9.84 Å². The summed E-state index contributed by atoms with van der Waals surface area (Å²) in [5.74, 6) is -1.47. The van der Waals surface area contributed by atoms with Crippen LogP contribution in [-0.4, -0.2) is 64.9 Å². The number of rotatable bonds is 11. The van der Waals surface area contributed by atoms with Gasteiger partial charge in [0.2, 0.25) is 5.91 Å². The number of hydrogen-bond acceptors (Lipinski definition) is 5. The molecule has 3 N–H and O–H groups in total. The lowest BCUT2D eigenvalue weighted by molar-refractivity contribution is -0.139. The normalized spacial score (nSPS) is 15.5. The first-order valence-corrected chi connectivity index (χ1v) is 12.2. The van der Waals surface area contributed by atoms with Crippen molar-refractivity contribution in [2.75, 3.05) is 19.8 Å². The van der Waals surface area contributed by atoms with Crippen molar-refractivity contribution >= 4 is 18.0 Å². The number of nitrogens with one attached hydrogen (secondary N) is 1. The summed E-state index contributed by atoms with van der Waals surface area (Å²) in [6, 6.07) is 15.1. The van der Waals surface area contributed by atoms with Crippen molar-refractivity contribution in [1.29, 1.82) is 0 Å². The SMILES string of the molecule is O=C(O)CCC(NC(=O)OCC1c2ccccc2-c2ccccc21)C(=O)N(CCCO)C1CCC1. The van der Waals surface area contributed by atoms with Crippen molar-refractivity contribution in [2.24, 2.45) is 0 Å². The highest BCUT2D eigenvalue weighted by Crippen LogP contribution is 2.44. The van der Waals surface area contributed by atoms with Gasteiger partial charge in [-0.15, -0.1) is 0 Å². The topological polar surface area (TPSA) is 116 Å². The maximum absolute atomic E-state index is 13.3. The molecule has 0 spiro atoms. The number of carbonyl (C=O) groups is 3. The second-order valence-electron chi connectivity index (χ2n) is 9.15. The van der Waals surface area contributed by atoms with Gasteiger partial charge in [0.15, 0.2) is 0 Å². The second-order valence-corrected chi connectivity index (χ2v) is 9.15. The Morgan fingerprint density at radius 1 is 1.03 bits per heavy atom. The summed E-state index contributed by atoms with van der Waals surface area (Å²) < 4.78 is 5.58. The molecule has 0 aromatic heterocycles. The third-order valence-electron chi connectivity index (χ3n) is 6.94. The Morgan fingerprint density at radius 2 is 1.66 bits per heavy atom. The van der Waals surface area contributed by atoms with Crippen LogP contribution in [0.3, 0.4) is 0 Å². The number of alkyl carbamates (subject to hydrolysis) is 1. The quantitative estimate of drug-likeness (QED) is 0.453. The Bertz CT molecular complexity index is 1020. The first kappa shape index (κ1) is 24.7. The molecule has 0 radical (unpaired) electrons. The van der Waals surface area contributed by atoms with E-state index in [-0.39, 0.29) is 43.9 Å². The fourth-order valence-corrected chi connectivity index (χ4v) is 4.92. The fourth-order valence-electron chi connectivity index (χ4n) is 4.92. The van der Waals surface area contributed by atoms with Gasteiger partial charge in [-0.25, -0.2) is 4.79 Å². The minimum atomic E-state index is -1.04. The standard InChI is InChI=1S/C27H32N2O6/c30-16-6-15-29(18-7-5-8-18)26(33)24(13-14-25(31)32)28-27(34)35-17-23-21-11-3-1-9-19(21)20-10-2-4-12-22(20)23/h1-4,9-12,18,23-24,30H,5-8,13-17H2,(H,28,34)(H,31,32). The Labute approximate surface area is 204 Å². The largest absolute Gasteiger partial charge is 0.481 e. The maximum atomic E-state index is 13.3. The Hall–Kier alpha value is -3.39. The van der Waals surface area contributed by atoms with Crippen molar-refractivity contribution in [3.8, 4) is 11.1 Å². The van der Waals surface area contributed by atoms with Crippen molar-refractivity contribution < 1.29 is 29.3 Å². The van der Waals surface area contributed by atoms with E-state index in [1.165, 1.54) is 0 Å². The predicted octanol–water partition coefficient (Wildman–Crippen LogP) is 3.52. The number of aliphatic hydroxyl groups excluding tert-OH is 1. The summed E-state index contributed by atoms with van der Waals surface area (Å²) in [6.07, 6.45) is 2.17. The van der Waals surface area contributed by atoms with Crippen LogP contribution in [0.25, 0.3) is 11.1 Å². The van der Waals surface area contributed by atoms with E-state index in [0.717, 1.165) is 41.5 Å². The van der Waals surface area contributed by atoms with Gasteiger partial charge in [0, 0.05) is 31.5 Å². The van der Waals surface area contributed by atoms with Gasteiger partial charge in [-0.3, -0.25) is 9.59 Å². The molecule has 8 heteroatoms. The minimum absolute atomic E-state index is 0.0271. The van der Waals surface area contributed by atoms with Crippen LogP contribution < -0.4 is 5.32 Å². The molecule has 1 atom stereocenters. The summed E-state index contributed by atoms with van der Waals surface area (Å²) in [5.41, 5.74) is 4.40. The van der Waals surface area contributed by atoms with E-state index < -0.39 is 18.1 Å². The molecule has 2 aliphatic carbocycles. The first-order chi connectivity index (χ1) is 17.0. The zero-order chi connectivity index (χ0) is 24.8. The average Bonchev–Trinajstić information content (AvgIpc) is 3.15. The van der Waals surface area contributed by atoms with Crippen molar-refractivity contribution in [2.45, 2.75) is 56.5 Å². The van der Waals surface area contributed by atoms with Crippen LogP contribution in [0, 0.1) is 0 Å². The van der Waals surface area contributed by atoms with E-state index in [9.17, 15) is 19.5 Å². The summed E-state index contributed by atoms with van der Waals surface area (Å²) in [6.45, 7) is 0.433. The lowest BCUT2D eigenvalue weighted by atomic mass is 9.90. The smallest absolute Gasteiger partial charge is 0.407 e. The summed E-state index contributed by atoms with van der Waals surface area (Å²) in [5, 5.41) is 21.0. The molecule has 2 aromatic carbocycles. The molecule has 0 saturated heterocycles. The fraction of sp³-hybridized carbons (Fsp3) is 0.444. The summed E-state index contributed by atoms with van der Waals surface area (Å²) in [4.78, 5) is 38.9. The van der Waals surface area contributed by atoms with Gasteiger partial charge in [-0.05, 0) is 54.4 Å². The van der Waals surface area contributed by atoms with Crippen LogP contribution in [0.2, 0.25) is 0 Å². The van der Waals surface area contributed by atoms with Gasteiger partial charge >= 0.3 is 12.1 Å². The molecule has 35 heavy (non-hydrogen) atoms. The molecule has 1 unspecified atom stereocenters. The van der Waals surface area contributed by atoms with Crippen LogP contribution in [0.15, 0.2) is 48.5 Å². The number of fused-ring (bicyclic) bond motifs is 3. The van der Waals surface area contributed by atoms with Crippen LogP contribution >= 0.6 is 0 Å². The zero-order valence-electron chi connectivity index (χ0n) is 19.7. The third-order valence-corrected chi connectivity index (χ3v) is 6.94. The van der Waals surface area contributed by atoms with Gasteiger partial charge in [0.1, 0.15) is 12.6 Å². The lowest BCUT2D eigenvalue weighted by Crippen LogP contribution is -2.54. The number of carbonyl (C=O) groups excluding carboxylic acids is 2. The van der Waals surface area contributed by atoms with Gasteiger partial charge in [-0.2, -0.15) is 0 Å². The number of nitrogens with zero attached hydrogens (tertiary/aromatic N) is 1. The number of ether oxygens (including phenoxy) is 1. The molecule has 2 aliphatic rings. The number of aliphatic hydroxyl groups is 1. The number of carboxylic acid groups (broad SMARTS) is 1. The molecular weight excluding hydrogens is 448 g/mol. The Kier molecular flexibility index (Phi) is 8.02. The number of hydrogen-bond donors (Lipinski definition) is 3. The van der Waals surface area contributed by atoms with Crippen LogP contribution in [0.5, 0.6) is 0 Å². The minimum Gasteiger partial charge on any atom is -0.481 e. The van der Waals surface area contributed by atoms with E-state index in [0.29, 0.717) is 13.0 Å². The van der Waals surface area contributed by atoms with Gasteiger partial charge in [0.25, 0.3) is 0 Å². The highest BCUT2D eigenvalue weighted by atomic mass is 16.5. The lowest BCUT2D eigenvalue weighted by Gasteiger charge is -2.39. The molecule has 186 valence electrons. The third kappa shape index (κ3) is 5.65. The molecule has 1 saturated carbocycles. The van der Waals surface area contributed by atoms with Gasteiger partial charge < -0.3 is 25.2 Å². The predicted molar refractivity (Wildman–Crippen MR) is 130 cm³/mol. The highest BCUT2D eigenvalue weighted by molar-refractivity contribution is 5.86. The highest BCUT2D eigenvalue weighted by Gasteiger charge is 2.34.